The molecule has 0 amide bonds. The van der Waals surface area contributed by atoms with Crippen molar-refractivity contribution in [3.63, 3.8) is 0 Å². The molecule has 0 saturated heterocycles. The minimum atomic E-state index is 0.229. The molecule has 0 saturated carbocycles. The molecule has 7 nitrogen and oxygen atoms in total. The summed E-state index contributed by atoms with van der Waals surface area (Å²) < 4.78 is 0. The van der Waals surface area contributed by atoms with Crippen LogP contribution in [-0.4, -0.2) is 34.9 Å². The van der Waals surface area contributed by atoms with Crippen LogP contribution < -0.4 is 10.6 Å². The van der Waals surface area contributed by atoms with Gasteiger partial charge >= 0.3 is 0 Å². The Kier molecular flexibility index (Phi) is 6.00. The van der Waals surface area contributed by atoms with Gasteiger partial charge in [-0.05, 0) is 18.2 Å². The third kappa shape index (κ3) is 3.95. The summed E-state index contributed by atoms with van der Waals surface area (Å²) >= 11 is 6.12. The highest BCUT2D eigenvalue weighted by Crippen LogP contribution is 2.15. The van der Waals surface area contributed by atoms with Gasteiger partial charge in [0.2, 0.25) is 0 Å². The number of hydroxylamine groups is 2. The van der Waals surface area contributed by atoms with E-state index < -0.39 is 0 Å². The monoisotopic (exact) mass is 346 g/mol. The fourth-order valence-electron chi connectivity index (χ4n) is 2.34. The molecular formula is C16H15ClN4O3. The van der Waals surface area contributed by atoms with Gasteiger partial charge in [0.15, 0.2) is 5.34 Å². The molecule has 0 aromatic heterocycles. The van der Waals surface area contributed by atoms with Gasteiger partial charge in [-0.25, -0.2) is 10.1 Å². The first kappa shape index (κ1) is 17.6. The Bertz CT molecular complexity index is 869. The third-order valence-corrected chi connectivity index (χ3v) is 3.55. The van der Waals surface area contributed by atoms with Gasteiger partial charge in [0.05, 0.1) is 11.1 Å². The van der Waals surface area contributed by atoms with Crippen LogP contribution in [0.2, 0.25) is 5.02 Å². The Morgan fingerprint density at radius 1 is 1.21 bits per heavy atom. The lowest BCUT2D eigenvalue weighted by molar-refractivity contribution is -0.0119. The standard InChI is InChI=1S/C16H14ClN3O.HNO2/c1-18-15-10-20(21)16(11-5-3-2-4-6-11)13-9-12(17)7-8-14(13)19-15;2-1-3/h2-9,21H,10H2,1H3;(H,2,3). The van der Waals surface area contributed by atoms with Crippen molar-refractivity contribution in [3.05, 3.63) is 74.6 Å². The van der Waals surface area contributed by atoms with E-state index in [0.29, 0.717) is 16.6 Å². The molecule has 124 valence electrons. The molecule has 0 fully saturated rings. The summed E-state index contributed by atoms with van der Waals surface area (Å²) in [6.45, 7) is 0.229. The average Bonchev–Trinajstić information content (AvgIpc) is 2.71. The van der Waals surface area contributed by atoms with Crippen LogP contribution in [0.4, 0.5) is 0 Å². The molecule has 0 aliphatic carbocycles. The number of rotatable bonds is 1. The van der Waals surface area contributed by atoms with Crippen LogP contribution in [-0.2, 0) is 0 Å². The van der Waals surface area contributed by atoms with Crippen molar-refractivity contribution in [2.75, 3.05) is 13.6 Å². The summed E-state index contributed by atoms with van der Waals surface area (Å²) in [6.07, 6.45) is 0. The molecule has 1 aliphatic heterocycles. The second kappa shape index (κ2) is 8.19. The van der Waals surface area contributed by atoms with Crippen molar-refractivity contribution < 1.29 is 10.4 Å². The van der Waals surface area contributed by atoms with Crippen molar-refractivity contribution in [2.24, 2.45) is 15.3 Å². The van der Waals surface area contributed by atoms with E-state index in [1.807, 2.05) is 42.5 Å². The maximum absolute atomic E-state index is 10.5. The van der Waals surface area contributed by atoms with Gasteiger partial charge in [-0.15, -0.1) is 4.91 Å². The number of nitrogens with zero attached hydrogens (tertiary/aromatic N) is 4. The van der Waals surface area contributed by atoms with Crippen molar-refractivity contribution in [3.8, 4) is 0 Å². The molecule has 3 rings (SSSR count). The van der Waals surface area contributed by atoms with E-state index >= 15 is 0 Å². The topological polar surface area (TPSA) is 97.8 Å². The van der Waals surface area contributed by atoms with E-state index in [4.69, 9.17) is 21.7 Å². The van der Waals surface area contributed by atoms with Crippen molar-refractivity contribution in [1.29, 1.82) is 0 Å². The molecular weight excluding hydrogens is 332 g/mol. The summed E-state index contributed by atoms with van der Waals surface area (Å²) in [5.74, 6) is 0.562. The van der Waals surface area contributed by atoms with Gasteiger partial charge in [-0.2, -0.15) is 0 Å². The lowest BCUT2D eigenvalue weighted by atomic mass is 10.1. The largest absolute Gasteiger partial charge is 0.379 e. The van der Waals surface area contributed by atoms with Crippen LogP contribution in [0.15, 0.2) is 63.9 Å². The fraction of sp³-hybridized carbons (Fsp3) is 0.125. The van der Waals surface area contributed by atoms with Gasteiger partial charge < -0.3 is 5.21 Å². The van der Waals surface area contributed by atoms with Crippen LogP contribution in [0.25, 0.3) is 5.70 Å². The summed E-state index contributed by atoms with van der Waals surface area (Å²) in [7, 11) is 1.66. The van der Waals surface area contributed by atoms with E-state index in [9.17, 15) is 5.21 Å². The zero-order valence-electron chi connectivity index (χ0n) is 12.8. The zero-order chi connectivity index (χ0) is 17.5. The molecule has 0 unspecified atom stereocenters. The van der Waals surface area contributed by atoms with Crippen molar-refractivity contribution in [2.45, 2.75) is 0 Å². The molecule has 2 aromatic rings. The van der Waals surface area contributed by atoms with Crippen molar-refractivity contribution >= 4 is 23.1 Å². The summed E-state index contributed by atoms with van der Waals surface area (Å²) in [5.41, 5.74) is 1.58. The molecule has 0 bridgehead atoms. The van der Waals surface area contributed by atoms with Gasteiger partial charge in [-0.3, -0.25) is 10.2 Å². The number of hydrogen-bond acceptors (Lipinski definition) is 5. The van der Waals surface area contributed by atoms with Crippen LogP contribution >= 0.6 is 11.6 Å². The quantitative estimate of drug-likeness (QED) is 0.609. The number of halogens is 1. The summed E-state index contributed by atoms with van der Waals surface area (Å²) in [4.78, 5) is 16.7. The second-order valence-electron chi connectivity index (χ2n) is 4.77. The molecule has 0 spiro atoms. The summed E-state index contributed by atoms with van der Waals surface area (Å²) in [6, 6.07) is 15.1. The second-order valence-corrected chi connectivity index (χ2v) is 5.20. The normalized spacial score (nSPS) is 14.9. The molecule has 0 atom stereocenters. The van der Waals surface area contributed by atoms with E-state index in [1.54, 1.807) is 13.1 Å². The van der Waals surface area contributed by atoms with E-state index in [2.05, 4.69) is 9.98 Å². The first-order chi connectivity index (χ1) is 11.6. The van der Waals surface area contributed by atoms with Crippen LogP contribution in [0.3, 0.4) is 0 Å². The van der Waals surface area contributed by atoms with Gasteiger partial charge in [0.25, 0.3) is 0 Å². The Balaban J connectivity index is 0.000000647. The molecule has 24 heavy (non-hydrogen) atoms. The lowest BCUT2D eigenvalue weighted by Crippen LogP contribution is -2.31. The van der Waals surface area contributed by atoms with Gasteiger partial charge in [0, 0.05) is 22.9 Å². The number of hydrogen-bond donors (Lipinski definition) is 2. The first-order valence-electron chi connectivity index (χ1n) is 6.93. The molecule has 8 heteroatoms. The van der Waals surface area contributed by atoms with Crippen LogP contribution in [0.1, 0.15) is 5.56 Å². The predicted molar refractivity (Wildman–Crippen MR) is 90.6 cm³/mol. The molecule has 0 radical (unpaired) electrons. The van der Waals surface area contributed by atoms with Gasteiger partial charge in [0.1, 0.15) is 12.4 Å². The summed E-state index contributed by atoms with van der Waals surface area (Å²) in [5, 5.41) is 21.6. The number of aliphatic imine (C=N–C) groups is 1. The molecule has 1 heterocycles. The van der Waals surface area contributed by atoms with Crippen LogP contribution in [0.5, 0.6) is 0 Å². The molecule has 2 aromatic carbocycles. The number of benzene rings is 2. The average molecular weight is 347 g/mol. The first-order valence-corrected chi connectivity index (χ1v) is 7.31. The molecule has 1 aliphatic rings. The Hall–Kier alpha value is -2.77. The minimum absolute atomic E-state index is 0.229. The van der Waals surface area contributed by atoms with Gasteiger partial charge in [-0.1, -0.05) is 41.9 Å². The van der Waals surface area contributed by atoms with E-state index in [-0.39, 0.29) is 6.54 Å². The maximum atomic E-state index is 10.5. The molecule has 2 N–H and O–H groups in total. The van der Waals surface area contributed by atoms with Crippen LogP contribution in [0, 0.1) is 4.91 Å². The Morgan fingerprint density at radius 2 is 1.88 bits per heavy atom. The number of fused-ring (bicyclic) bond motifs is 1. The SMILES string of the molecule is CN=C1CN(O)C(c2ccccc2)=c2cc(Cl)ccc2=N1.O=NO. The maximum Gasteiger partial charge on any atom is 0.152 e. The highest BCUT2D eigenvalue weighted by Gasteiger charge is 2.17. The number of amidine groups is 1. The van der Waals surface area contributed by atoms with E-state index in [0.717, 1.165) is 16.1 Å². The lowest BCUT2D eigenvalue weighted by Gasteiger charge is -2.19. The minimum Gasteiger partial charge on any atom is -0.379 e. The van der Waals surface area contributed by atoms with E-state index in [1.165, 1.54) is 10.4 Å². The highest BCUT2D eigenvalue weighted by molar-refractivity contribution is 6.30. The third-order valence-electron chi connectivity index (χ3n) is 3.32. The fourth-order valence-corrected chi connectivity index (χ4v) is 2.52. The van der Waals surface area contributed by atoms with Crippen molar-refractivity contribution in [1.82, 2.24) is 5.06 Å². The predicted octanol–water partition coefficient (Wildman–Crippen LogP) is 1.99. The zero-order valence-corrected chi connectivity index (χ0v) is 13.6. The Labute approximate surface area is 142 Å². The highest BCUT2D eigenvalue weighted by atomic mass is 35.5. The smallest absolute Gasteiger partial charge is 0.152 e. The Morgan fingerprint density at radius 3 is 2.50 bits per heavy atom.